The maximum absolute atomic E-state index is 12.3. The lowest BCUT2D eigenvalue weighted by Gasteiger charge is -2.30. The Labute approximate surface area is 129 Å². The summed E-state index contributed by atoms with van der Waals surface area (Å²) in [5.74, 6) is -0.392. The molecule has 3 nitrogen and oxygen atoms in total. The van der Waals surface area contributed by atoms with E-state index in [2.05, 4.69) is 10.1 Å². The number of alkyl halides is 3. The van der Waals surface area contributed by atoms with Crippen molar-refractivity contribution in [3.63, 3.8) is 0 Å². The van der Waals surface area contributed by atoms with Gasteiger partial charge >= 0.3 is 6.36 Å². The van der Waals surface area contributed by atoms with Gasteiger partial charge in [0.2, 0.25) is 0 Å². The van der Waals surface area contributed by atoms with Crippen molar-refractivity contribution in [1.29, 1.82) is 0 Å². The van der Waals surface area contributed by atoms with E-state index in [0.717, 1.165) is 24.0 Å². The van der Waals surface area contributed by atoms with Crippen LogP contribution in [0.4, 0.5) is 13.2 Å². The molecule has 0 aliphatic carbocycles. The van der Waals surface area contributed by atoms with Crippen molar-refractivity contribution in [2.75, 3.05) is 0 Å². The summed E-state index contributed by atoms with van der Waals surface area (Å²) in [6.07, 6.45) is -2.45. The summed E-state index contributed by atoms with van der Waals surface area (Å²) in [4.78, 5) is 13.4. The van der Waals surface area contributed by atoms with Gasteiger partial charge in [-0.05, 0) is 42.5 Å². The second-order valence-corrected chi connectivity index (χ2v) is 6.36. The van der Waals surface area contributed by atoms with Gasteiger partial charge in [-0.2, -0.15) is 0 Å². The van der Waals surface area contributed by atoms with Crippen LogP contribution in [0.15, 0.2) is 33.6 Å². The molecule has 0 saturated heterocycles. The number of carbonyl (C=O) groups is 1. The quantitative estimate of drug-likeness (QED) is 0.897. The summed E-state index contributed by atoms with van der Waals surface area (Å²) in [6.45, 7) is 2.02. The molecule has 1 aromatic rings. The SMILES string of the molecule is CCC1CC2=C(Sc3cc(OC(F)(F)F)ccc3C2)C(=O)N1. The molecule has 22 heavy (non-hydrogen) atoms. The third-order valence-corrected chi connectivity index (χ3v) is 5.01. The Bertz CT molecular complexity index is 655. The van der Waals surface area contributed by atoms with Crippen molar-refractivity contribution in [2.45, 2.75) is 43.5 Å². The Hall–Kier alpha value is -1.63. The van der Waals surface area contributed by atoms with Gasteiger partial charge in [0.05, 0.1) is 4.91 Å². The minimum absolute atomic E-state index is 0.133. The first-order valence-electron chi connectivity index (χ1n) is 6.95. The Balaban J connectivity index is 1.86. The third kappa shape index (κ3) is 3.09. The zero-order valence-corrected chi connectivity index (χ0v) is 12.6. The topological polar surface area (TPSA) is 38.3 Å². The summed E-state index contributed by atoms with van der Waals surface area (Å²) >= 11 is 1.22. The number of amides is 1. The number of halogens is 3. The molecule has 0 saturated carbocycles. The molecular weight excluding hydrogens is 315 g/mol. The van der Waals surface area contributed by atoms with Crippen LogP contribution in [0.2, 0.25) is 0 Å². The molecule has 0 bridgehead atoms. The summed E-state index contributed by atoms with van der Waals surface area (Å²) < 4.78 is 40.8. The molecule has 0 spiro atoms. The Kier molecular flexibility index (Phi) is 3.84. The average Bonchev–Trinajstić information content (AvgIpc) is 2.44. The van der Waals surface area contributed by atoms with Crippen LogP contribution in [-0.2, 0) is 11.2 Å². The molecule has 1 aromatic carbocycles. The fourth-order valence-corrected chi connectivity index (χ4v) is 3.80. The van der Waals surface area contributed by atoms with E-state index < -0.39 is 6.36 Å². The second kappa shape index (κ2) is 5.53. The normalized spacial score (nSPS) is 21.1. The predicted octanol–water partition coefficient (Wildman–Crippen LogP) is 3.79. The molecule has 1 atom stereocenters. The smallest absolute Gasteiger partial charge is 0.406 e. The molecule has 7 heteroatoms. The number of thioether (sulfide) groups is 1. The number of rotatable bonds is 2. The molecule has 3 rings (SSSR count). The van der Waals surface area contributed by atoms with Gasteiger partial charge in [0.25, 0.3) is 5.91 Å². The highest BCUT2D eigenvalue weighted by Gasteiger charge is 2.33. The first kappa shape index (κ1) is 15.3. The van der Waals surface area contributed by atoms with Crippen LogP contribution in [-0.4, -0.2) is 18.3 Å². The molecule has 2 aliphatic heterocycles. The fourth-order valence-electron chi connectivity index (χ4n) is 2.68. The van der Waals surface area contributed by atoms with Crippen molar-refractivity contribution in [2.24, 2.45) is 0 Å². The van der Waals surface area contributed by atoms with Gasteiger partial charge in [-0.15, -0.1) is 13.2 Å². The van der Waals surface area contributed by atoms with Crippen LogP contribution in [0.25, 0.3) is 0 Å². The van der Waals surface area contributed by atoms with Gasteiger partial charge in [-0.3, -0.25) is 4.79 Å². The summed E-state index contributed by atoms with van der Waals surface area (Å²) in [5.41, 5.74) is 2.00. The molecule has 1 unspecified atom stereocenters. The van der Waals surface area contributed by atoms with E-state index in [0.29, 0.717) is 16.2 Å². The van der Waals surface area contributed by atoms with Crippen molar-refractivity contribution in [1.82, 2.24) is 5.32 Å². The Morgan fingerprint density at radius 1 is 1.41 bits per heavy atom. The third-order valence-electron chi connectivity index (χ3n) is 3.74. The largest absolute Gasteiger partial charge is 0.573 e. The van der Waals surface area contributed by atoms with E-state index in [1.807, 2.05) is 6.92 Å². The Morgan fingerprint density at radius 2 is 2.18 bits per heavy atom. The van der Waals surface area contributed by atoms with Crippen LogP contribution < -0.4 is 10.1 Å². The van der Waals surface area contributed by atoms with Gasteiger partial charge < -0.3 is 10.1 Å². The van der Waals surface area contributed by atoms with Gasteiger partial charge in [0, 0.05) is 10.9 Å². The lowest BCUT2D eigenvalue weighted by atomic mass is 9.93. The molecular formula is C15H14F3NO2S. The van der Waals surface area contributed by atoms with Crippen LogP contribution in [0, 0.1) is 0 Å². The molecule has 2 heterocycles. The average molecular weight is 329 g/mol. The number of hydrogen-bond acceptors (Lipinski definition) is 3. The zero-order chi connectivity index (χ0) is 15.9. The van der Waals surface area contributed by atoms with E-state index in [9.17, 15) is 18.0 Å². The van der Waals surface area contributed by atoms with Crippen LogP contribution in [0.1, 0.15) is 25.3 Å². The first-order chi connectivity index (χ1) is 10.4. The van der Waals surface area contributed by atoms with Crippen LogP contribution >= 0.6 is 11.8 Å². The van der Waals surface area contributed by atoms with Crippen LogP contribution in [0.5, 0.6) is 5.75 Å². The molecule has 118 valence electrons. The molecule has 2 aliphatic rings. The van der Waals surface area contributed by atoms with E-state index in [1.54, 1.807) is 6.07 Å². The molecule has 0 aromatic heterocycles. The molecule has 0 fully saturated rings. The number of benzene rings is 1. The highest BCUT2D eigenvalue weighted by atomic mass is 32.2. The monoisotopic (exact) mass is 329 g/mol. The van der Waals surface area contributed by atoms with E-state index in [1.165, 1.54) is 23.9 Å². The predicted molar refractivity (Wildman–Crippen MR) is 76.6 cm³/mol. The first-order valence-corrected chi connectivity index (χ1v) is 7.77. The Morgan fingerprint density at radius 3 is 2.86 bits per heavy atom. The molecule has 1 N–H and O–H groups in total. The minimum atomic E-state index is -4.71. The van der Waals surface area contributed by atoms with Gasteiger partial charge in [-0.25, -0.2) is 0 Å². The van der Waals surface area contributed by atoms with Gasteiger partial charge in [0.15, 0.2) is 0 Å². The number of fused-ring (bicyclic) bond motifs is 1. The van der Waals surface area contributed by atoms with Crippen molar-refractivity contribution >= 4 is 17.7 Å². The number of carbonyl (C=O) groups excluding carboxylic acids is 1. The van der Waals surface area contributed by atoms with Gasteiger partial charge in [0.1, 0.15) is 5.75 Å². The standard InChI is InChI=1S/C15H14F3NO2S/c1-2-10-6-9-5-8-3-4-11(21-15(16,17)18)7-12(8)22-13(9)14(20)19-10/h3-4,7,10H,2,5-6H2,1H3,(H,19,20). The van der Waals surface area contributed by atoms with Crippen molar-refractivity contribution < 1.29 is 22.7 Å². The summed E-state index contributed by atoms with van der Waals surface area (Å²) in [7, 11) is 0. The maximum Gasteiger partial charge on any atom is 0.573 e. The molecule has 1 amide bonds. The number of ether oxygens (including phenoxy) is 1. The van der Waals surface area contributed by atoms with E-state index >= 15 is 0 Å². The molecule has 0 radical (unpaired) electrons. The van der Waals surface area contributed by atoms with Crippen molar-refractivity contribution in [3.05, 3.63) is 34.2 Å². The van der Waals surface area contributed by atoms with E-state index in [-0.39, 0.29) is 17.7 Å². The minimum Gasteiger partial charge on any atom is -0.406 e. The fraction of sp³-hybridized carbons (Fsp3) is 0.400. The number of hydrogen-bond donors (Lipinski definition) is 1. The van der Waals surface area contributed by atoms with Gasteiger partial charge in [-0.1, -0.05) is 24.8 Å². The number of nitrogens with one attached hydrogen (secondary N) is 1. The zero-order valence-electron chi connectivity index (χ0n) is 11.8. The van der Waals surface area contributed by atoms with E-state index in [4.69, 9.17) is 0 Å². The second-order valence-electron chi connectivity index (χ2n) is 5.31. The lowest BCUT2D eigenvalue weighted by Crippen LogP contribution is -2.40. The van der Waals surface area contributed by atoms with Crippen molar-refractivity contribution in [3.8, 4) is 5.75 Å². The van der Waals surface area contributed by atoms with Crippen LogP contribution in [0.3, 0.4) is 0 Å². The summed E-state index contributed by atoms with van der Waals surface area (Å²) in [6, 6.07) is 4.44. The highest BCUT2D eigenvalue weighted by Crippen LogP contribution is 2.43. The maximum atomic E-state index is 12.3. The summed E-state index contributed by atoms with van der Waals surface area (Å²) in [5, 5.41) is 2.92. The highest BCUT2D eigenvalue weighted by molar-refractivity contribution is 8.04. The lowest BCUT2D eigenvalue weighted by molar-refractivity contribution is -0.274.